The quantitative estimate of drug-likeness (QED) is 0.134. The number of nitrogens with zero attached hydrogens (tertiary/aromatic N) is 1. The predicted molar refractivity (Wildman–Crippen MR) is 296 cm³/mol. The van der Waals surface area contributed by atoms with Gasteiger partial charge in [-0.05, 0) is 143 Å². The molecule has 13 rings (SSSR count). The molecule has 1 heterocycles. The Morgan fingerprint density at radius 2 is 0.700 bits per heavy atom. The van der Waals surface area contributed by atoms with Gasteiger partial charge in [0.1, 0.15) is 11.2 Å². The lowest BCUT2D eigenvalue weighted by Crippen LogP contribution is -2.10. The smallest absolute Gasteiger partial charge is 0.136 e. The molecule has 0 saturated heterocycles. The summed E-state index contributed by atoms with van der Waals surface area (Å²) in [7, 11) is 0. The standard InChI is InChI=1S/C68H45NO/c1-5-19-46(20-6-1)56-42-40-55(45-62(56)47-21-7-2-8-22-47)69(53-38-35-48(36-39-53)57-32-18-34-65-68(57)61-31-15-16-33-64(61)70-65)54-28-17-27-51(43-54)52-37-41-59-58-29-13-14-30-60(58)66(49-23-9-3-10-24-49)67(63(59)44-52)50-25-11-4-12-26-50/h1-45H. The molecule has 12 aromatic carbocycles. The lowest BCUT2D eigenvalue weighted by Gasteiger charge is -2.27. The molecule has 0 aliphatic carbocycles. The maximum absolute atomic E-state index is 6.32. The first-order valence-electron chi connectivity index (χ1n) is 24.0. The molecular weight excluding hydrogens is 847 g/mol. The Labute approximate surface area is 407 Å². The van der Waals surface area contributed by atoms with Gasteiger partial charge in [0.25, 0.3) is 0 Å². The van der Waals surface area contributed by atoms with Gasteiger partial charge in [-0.1, -0.05) is 218 Å². The number of hydrogen-bond donors (Lipinski definition) is 0. The number of benzene rings is 12. The molecular formula is C68H45NO. The Balaban J connectivity index is 1.00. The summed E-state index contributed by atoms with van der Waals surface area (Å²) < 4.78 is 6.32. The Morgan fingerprint density at radius 1 is 0.229 bits per heavy atom. The minimum atomic E-state index is 0.891. The van der Waals surface area contributed by atoms with Gasteiger partial charge < -0.3 is 9.32 Å². The zero-order chi connectivity index (χ0) is 46.4. The van der Waals surface area contributed by atoms with E-state index in [1.807, 2.05) is 12.1 Å². The molecule has 328 valence electrons. The van der Waals surface area contributed by atoms with Crippen molar-refractivity contribution < 1.29 is 4.42 Å². The van der Waals surface area contributed by atoms with Gasteiger partial charge in [-0.3, -0.25) is 0 Å². The van der Waals surface area contributed by atoms with Crippen LogP contribution in [-0.2, 0) is 0 Å². The minimum absolute atomic E-state index is 0.891. The average molecular weight is 892 g/mol. The van der Waals surface area contributed by atoms with Crippen LogP contribution in [0.4, 0.5) is 17.1 Å². The first-order valence-corrected chi connectivity index (χ1v) is 24.0. The van der Waals surface area contributed by atoms with Crippen molar-refractivity contribution in [2.24, 2.45) is 0 Å². The molecule has 0 bridgehead atoms. The molecule has 2 heteroatoms. The second-order valence-electron chi connectivity index (χ2n) is 18.0. The van der Waals surface area contributed by atoms with Crippen molar-refractivity contribution in [3.63, 3.8) is 0 Å². The van der Waals surface area contributed by atoms with E-state index in [0.29, 0.717) is 0 Å². The zero-order valence-corrected chi connectivity index (χ0v) is 38.3. The number of hydrogen-bond acceptors (Lipinski definition) is 2. The lowest BCUT2D eigenvalue weighted by molar-refractivity contribution is 0.669. The topological polar surface area (TPSA) is 16.4 Å². The highest BCUT2D eigenvalue weighted by atomic mass is 16.3. The summed E-state index contributed by atoms with van der Waals surface area (Å²) in [6.07, 6.45) is 0. The number of rotatable bonds is 9. The number of anilines is 3. The predicted octanol–water partition coefficient (Wildman–Crippen LogP) is 19.4. The molecule has 70 heavy (non-hydrogen) atoms. The van der Waals surface area contributed by atoms with Gasteiger partial charge in [-0.2, -0.15) is 0 Å². The summed E-state index contributed by atoms with van der Waals surface area (Å²) in [6.45, 7) is 0. The largest absolute Gasteiger partial charge is 0.456 e. The van der Waals surface area contributed by atoms with Gasteiger partial charge in [-0.25, -0.2) is 0 Å². The SMILES string of the molecule is c1ccc(-c2ccc(N(c3ccc(-c4cccc5oc6ccccc6c45)cc3)c3cccc(-c4ccc5c(c4)c(-c4ccccc4)c(-c4ccccc4)c4ccccc45)c3)cc2-c2ccccc2)cc1. The molecule has 0 saturated carbocycles. The van der Waals surface area contributed by atoms with Gasteiger partial charge in [0, 0.05) is 27.8 Å². The van der Waals surface area contributed by atoms with Gasteiger partial charge >= 0.3 is 0 Å². The van der Waals surface area contributed by atoms with Crippen LogP contribution in [0.5, 0.6) is 0 Å². The third-order valence-electron chi connectivity index (χ3n) is 13.9. The van der Waals surface area contributed by atoms with Crippen molar-refractivity contribution in [2.45, 2.75) is 0 Å². The highest BCUT2D eigenvalue weighted by Crippen LogP contribution is 2.47. The van der Waals surface area contributed by atoms with Crippen LogP contribution < -0.4 is 4.90 Å². The van der Waals surface area contributed by atoms with Crippen molar-refractivity contribution in [3.8, 4) is 66.8 Å². The Hall–Kier alpha value is -9.24. The monoisotopic (exact) mass is 891 g/mol. The summed E-state index contributed by atoms with van der Waals surface area (Å²) in [5, 5.41) is 7.21. The molecule has 1 aromatic heterocycles. The van der Waals surface area contributed by atoms with E-state index in [0.717, 1.165) is 61.3 Å². The van der Waals surface area contributed by atoms with E-state index in [1.165, 1.54) is 66.1 Å². The van der Waals surface area contributed by atoms with Gasteiger partial charge in [0.2, 0.25) is 0 Å². The zero-order valence-electron chi connectivity index (χ0n) is 38.3. The minimum Gasteiger partial charge on any atom is -0.456 e. The van der Waals surface area contributed by atoms with E-state index in [2.05, 4.69) is 266 Å². The second kappa shape index (κ2) is 17.4. The molecule has 0 aliphatic heterocycles. The van der Waals surface area contributed by atoms with Gasteiger partial charge in [-0.15, -0.1) is 0 Å². The fourth-order valence-corrected chi connectivity index (χ4v) is 10.7. The van der Waals surface area contributed by atoms with Crippen molar-refractivity contribution in [3.05, 3.63) is 273 Å². The van der Waals surface area contributed by atoms with E-state index < -0.39 is 0 Å². The normalized spacial score (nSPS) is 11.4. The van der Waals surface area contributed by atoms with Crippen LogP contribution in [0.25, 0.3) is 110 Å². The molecule has 0 amide bonds. The fourth-order valence-electron chi connectivity index (χ4n) is 10.7. The summed E-state index contributed by atoms with van der Waals surface area (Å²) in [5.74, 6) is 0. The van der Waals surface area contributed by atoms with Crippen molar-refractivity contribution in [1.29, 1.82) is 0 Å². The van der Waals surface area contributed by atoms with Crippen molar-refractivity contribution in [1.82, 2.24) is 0 Å². The van der Waals surface area contributed by atoms with E-state index >= 15 is 0 Å². The summed E-state index contributed by atoms with van der Waals surface area (Å²) in [4.78, 5) is 2.40. The Bertz CT molecular complexity index is 4030. The van der Waals surface area contributed by atoms with Crippen LogP contribution in [0.2, 0.25) is 0 Å². The number of para-hydroxylation sites is 1. The van der Waals surface area contributed by atoms with Crippen LogP contribution in [0.15, 0.2) is 277 Å². The van der Waals surface area contributed by atoms with E-state index in [9.17, 15) is 0 Å². The third kappa shape index (κ3) is 7.22. The summed E-state index contributed by atoms with van der Waals surface area (Å²) in [5.41, 5.74) is 19.1. The Morgan fingerprint density at radius 3 is 1.40 bits per heavy atom. The van der Waals surface area contributed by atoms with Crippen LogP contribution in [0.3, 0.4) is 0 Å². The first-order chi connectivity index (χ1) is 34.7. The van der Waals surface area contributed by atoms with Crippen LogP contribution in [0, 0.1) is 0 Å². The molecule has 0 radical (unpaired) electrons. The molecule has 0 atom stereocenters. The third-order valence-corrected chi connectivity index (χ3v) is 13.9. The highest BCUT2D eigenvalue weighted by Gasteiger charge is 2.21. The second-order valence-corrected chi connectivity index (χ2v) is 18.0. The molecule has 0 fully saturated rings. The lowest BCUT2D eigenvalue weighted by atomic mass is 9.84. The van der Waals surface area contributed by atoms with Gasteiger partial charge in [0.05, 0.1) is 0 Å². The Kier molecular flexibility index (Phi) is 10.2. The molecule has 0 aliphatic rings. The van der Waals surface area contributed by atoms with Crippen molar-refractivity contribution in [2.75, 3.05) is 4.90 Å². The van der Waals surface area contributed by atoms with E-state index in [4.69, 9.17) is 4.42 Å². The first kappa shape index (κ1) is 41.0. The number of fused-ring (bicyclic) bond motifs is 6. The van der Waals surface area contributed by atoms with Gasteiger partial charge in [0.15, 0.2) is 0 Å². The summed E-state index contributed by atoms with van der Waals surface area (Å²) in [6, 6.07) is 98.8. The molecule has 0 unspecified atom stereocenters. The van der Waals surface area contributed by atoms with Crippen LogP contribution in [0.1, 0.15) is 0 Å². The van der Waals surface area contributed by atoms with Crippen LogP contribution in [-0.4, -0.2) is 0 Å². The average Bonchev–Trinajstić information content (AvgIpc) is 3.83. The van der Waals surface area contributed by atoms with Crippen LogP contribution >= 0.6 is 0 Å². The maximum Gasteiger partial charge on any atom is 0.136 e. The highest BCUT2D eigenvalue weighted by molar-refractivity contribution is 6.22. The van der Waals surface area contributed by atoms with Crippen molar-refractivity contribution >= 4 is 60.5 Å². The molecule has 0 spiro atoms. The number of furan rings is 1. The molecule has 0 N–H and O–H groups in total. The van der Waals surface area contributed by atoms with E-state index in [-0.39, 0.29) is 0 Å². The summed E-state index contributed by atoms with van der Waals surface area (Å²) >= 11 is 0. The molecule has 13 aromatic rings. The maximum atomic E-state index is 6.32. The van der Waals surface area contributed by atoms with E-state index in [1.54, 1.807) is 0 Å². The molecule has 2 nitrogen and oxygen atoms in total. The fraction of sp³-hybridized carbons (Fsp3) is 0.